The van der Waals surface area contributed by atoms with E-state index in [0.29, 0.717) is 19.4 Å². The molecule has 1 rings (SSSR count). The molecule has 0 bridgehead atoms. The van der Waals surface area contributed by atoms with Gasteiger partial charge in [0.1, 0.15) is 0 Å². The fourth-order valence-electron chi connectivity index (χ4n) is 1.73. The van der Waals surface area contributed by atoms with Gasteiger partial charge >= 0.3 is 5.97 Å². The lowest BCUT2D eigenvalue weighted by Crippen LogP contribution is -2.43. The number of carbonyl (C=O) groups excluding carboxylic acids is 1. The van der Waals surface area contributed by atoms with Crippen LogP contribution in [0.5, 0.6) is 0 Å². The third kappa shape index (κ3) is 2.93. The maximum absolute atomic E-state index is 11.6. The Morgan fingerprint density at radius 3 is 2.88 bits per heavy atom. The van der Waals surface area contributed by atoms with Crippen LogP contribution in [0, 0.1) is 17.2 Å². The number of ether oxygens (including phenoxy) is 1. The number of sulfonamides is 1. The Kier molecular flexibility index (Phi) is 4.26. The Morgan fingerprint density at radius 2 is 2.31 bits per heavy atom. The number of nitriles is 1. The van der Waals surface area contributed by atoms with Crippen LogP contribution in [0.4, 0.5) is 0 Å². The van der Waals surface area contributed by atoms with Crippen LogP contribution in [0.2, 0.25) is 0 Å². The predicted octanol–water partition coefficient (Wildman–Crippen LogP) is -0.275. The monoisotopic (exact) mass is 246 g/mol. The Morgan fingerprint density at radius 1 is 1.62 bits per heavy atom. The van der Waals surface area contributed by atoms with Crippen molar-refractivity contribution in [1.82, 2.24) is 4.31 Å². The van der Waals surface area contributed by atoms with Crippen LogP contribution in [-0.4, -0.2) is 44.6 Å². The zero-order valence-corrected chi connectivity index (χ0v) is 9.87. The zero-order chi connectivity index (χ0) is 12.2. The molecule has 1 heterocycles. The molecular formula is C9H14N2O4S. The van der Waals surface area contributed by atoms with Gasteiger partial charge in [0.15, 0.2) is 5.75 Å². The lowest BCUT2D eigenvalue weighted by Gasteiger charge is -2.29. The molecule has 0 unspecified atom stereocenters. The lowest BCUT2D eigenvalue weighted by atomic mass is 10.0. The number of hydrogen-bond acceptors (Lipinski definition) is 5. The van der Waals surface area contributed by atoms with Gasteiger partial charge in [-0.3, -0.25) is 4.79 Å². The molecule has 1 aliphatic rings. The lowest BCUT2D eigenvalue weighted by molar-refractivity contribution is -0.146. The first-order chi connectivity index (χ1) is 7.51. The van der Waals surface area contributed by atoms with E-state index in [1.165, 1.54) is 11.4 Å². The summed E-state index contributed by atoms with van der Waals surface area (Å²) in [4.78, 5) is 11.3. The summed E-state index contributed by atoms with van der Waals surface area (Å²) in [6, 6.07) is 1.62. The average molecular weight is 246 g/mol. The highest BCUT2D eigenvalue weighted by Gasteiger charge is 2.32. The molecule has 1 atom stereocenters. The molecule has 1 saturated heterocycles. The van der Waals surface area contributed by atoms with E-state index in [2.05, 4.69) is 4.74 Å². The van der Waals surface area contributed by atoms with Crippen LogP contribution in [0.15, 0.2) is 0 Å². The van der Waals surface area contributed by atoms with Crippen LogP contribution in [0.25, 0.3) is 0 Å². The van der Waals surface area contributed by atoms with Crippen molar-refractivity contribution >= 4 is 16.0 Å². The van der Waals surface area contributed by atoms with E-state index in [0.717, 1.165) is 0 Å². The average Bonchev–Trinajstić information content (AvgIpc) is 2.28. The molecule has 0 amide bonds. The first-order valence-electron chi connectivity index (χ1n) is 4.94. The van der Waals surface area contributed by atoms with Gasteiger partial charge in [-0.15, -0.1) is 0 Å². The molecule has 16 heavy (non-hydrogen) atoms. The number of esters is 1. The molecule has 0 aliphatic carbocycles. The number of nitrogens with zero attached hydrogens (tertiary/aromatic N) is 2. The van der Waals surface area contributed by atoms with Gasteiger partial charge in [-0.1, -0.05) is 0 Å². The summed E-state index contributed by atoms with van der Waals surface area (Å²) in [5.41, 5.74) is 0. The molecule has 0 aromatic rings. The highest BCUT2D eigenvalue weighted by molar-refractivity contribution is 7.89. The fraction of sp³-hybridized carbons (Fsp3) is 0.778. The van der Waals surface area contributed by atoms with Crippen LogP contribution in [0.3, 0.4) is 0 Å². The van der Waals surface area contributed by atoms with E-state index in [1.807, 2.05) is 0 Å². The number of carbonyl (C=O) groups is 1. The summed E-state index contributed by atoms with van der Waals surface area (Å²) in [6.45, 7) is 0.494. The van der Waals surface area contributed by atoms with Gasteiger partial charge in [0.05, 0.1) is 19.1 Å². The van der Waals surface area contributed by atoms with Gasteiger partial charge in [0.2, 0.25) is 10.0 Å². The predicted molar refractivity (Wildman–Crippen MR) is 55.7 cm³/mol. The van der Waals surface area contributed by atoms with Crippen LogP contribution in [-0.2, 0) is 19.6 Å². The molecule has 0 radical (unpaired) electrons. The number of piperidine rings is 1. The second-order valence-electron chi connectivity index (χ2n) is 3.63. The van der Waals surface area contributed by atoms with Gasteiger partial charge in [-0.25, -0.2) is 12.7 Å². The minimum absolute atomic E-state index is 0.122. The molecular weight excluding hydrogens is 232 g/mol. The maximum Gasteiger partial charge on any atom is 0.309 e. The number of methoxy groups -OCH3 is 1. The van der Waals surface area contributed by atoms with Gasteiger partial charge in [0.25, 0.3) is 0 Å². The van der Waals surface area contributed by atoms with Crippen molar-refractivity contribution in [2.75, 3.05) is 26.0 Å². The third-order valence-electron chi connectivity index (χ3n) is 2.56. The summed E-state index contributed by atoms with van der Waals surface area (Å²) < 4.78 is 29.0. The second kappa shape index (κ2) is 5.27. The van der Waals surface area contributed by atoms with Crippen molar-refractivity contribution in [3.8, 4) is 6.07 Å². The molecule has 0 aromatic heterocycles. The fourth-order valence-corrected chi connectivity index (χ4v) is 2.89. The molecule has 7 heteroatoms. The highest BCUT2D eigenvalue weighted by atomic mass is 32.2. The van der Waals surface area contributed by atoms with Crippen molar-refractivity contribution < 1.29 is 17.9 Å². The zero-order valence-electron chi connectivity index (χ0n) is 9.05. The van der Waals surface area contributed by atoms with E-state index >= 15 is 0 Å². The third-order valence-corrected chi connectivity index (χ3v) is 4.17. The van der Waals surface area contributed by atoms with Gasteiger partial charge < -0.3 is 4.74 Å². The first-order valence-corrected chi connectivity index (χ1v) is 6.55. The summed E-state index contributed by atoms with van der Waals surface area (Å²) in [5, 5.41) is 8.41. The smallest absolute Gasteiger partial charge is 0.309 e. The standard InChI is InChI=1S/C9H14N2O4S/c1-15-9(12)8-3-2-5-11(7-8)16(13,14)6-4-10/h8H,2-3,5-7H2,1H3/t8-/m0/s1. The normalized spacial score (nSPS) is 22.4. The number of hydrogen-bond donors (Lipinski definition) is 0. The topological polar surface area (TPSA) is 87.5 Å². The quantitative estimate of drug-likeness (QED) is 0.639. The summed E-state index contributed by atoms with van der Waals surface area (Å²) in [5.74, 6) is -1.34. The Hall–Kier alpha value is -1.13. The van der Waals surface area contributed by atoms with E-state index in [9.17, 15) is 13.2 Å². The van der Waals surface area contributed by atoms with E-state index < -0.39 is 27.7 Å². The molecule has 0 aromatic carbocycles. The van der Waals surface area contributed by atoms with Crippen molar-refractivity contribution in [3.05, 3.63) is 0 Å². The van der Waals surface area contributed by atoms with Crippen molar-refractivity contribution in [2.24, 2.45) is 5.92 Å². The SMILES string of the molecule is COC(=O)[C@H]1CCCN(S(=O)(=O)CC#N)C1. The Balaban J connectivity index is 2.71. The van der Waals surface area contributed by atoms with Gasteiger partial charge in [0, 0.05) is 13.1 Å². The minimum atomic E-state index is -3.54. The summed E-state index contributed by atoms with van der Waals surface area (Å²) >= 11 is 0. The number of rotatable bonds is 3. The van der Waals surface area contributed by atoms with E-state index in [1.54, 1.807) is 6.07 Å². The van der Waals surface area contributed by atoms with E-state index in [4.69, 9.17) is 5.26 Å². The highest BCUT2D eigenvalue weighted by Crippen LogP contribution is 2.20. The molecule has 0 spiro atoms. The summed E-state index contributed by atoms with van der Waals surface area (Å²) in [7, 11) is -2.26. The molecule has 6 nitrogen and oxygen atoms in total. The Labute approximate surface area is 94.8 Å². The molecule has 90 valence electrons. The largest absolute Gasteiger partial charge is 0.469 e. The van der Waals surface area contributed by atoms with Crippen LogP contribution in [0.1, 0.15) is 12.8 Å². The molecule has 0 saturated carbocycles. The maximum atomic E-state index is 11.6. The van der Waals surface area contributed by atoms with Crippen molar-refractivity contribution in [3.63, 3.8) is 0 Å². The van der Waals surface area contributed by atoms with Crippen LogP contribution < -0.4 is 0 Å². The Bertz CT molecular complexity index is 398. The van der Waals surface area contributed by atoms with Crippen LogP contribution >= 0.6 is 0 Å². The van der Waals surface area contributed by atoms with Gasteiger partial charge in [-0.05, 0) is 12.8 Å². The molecule has 0 N–H and O–H groups in total. The minimum Gasteiger partial charge on any atom is -0.469 e. The molecule has 1 fully saturated rings. The molecule has 1 aliphatic heterocycles. The van der Waals surface area contributed by atoms with Crippen molar-refractivity contribution in [2.45, 2.75) is 12.8 Å². The van der Waals surface area contributed by atoms with Gasteiger partial charge in [-0.2, -0.15) is 5.26 Å². The van der Waals surface area contributed by atoms with E-state index in [-0.39, 0.29) is 6.54 Å². The van der Waals surface area contributed by atoms with Crippen molar-refractivity contribution in [1.29, 1.82) is 5.26 Å². The first kappa shape index (κ1) is 12.9. The second-order valence-corrected chi connectivity index (χ2v) is 5.60. The summed E-state index contributed by atoms with van der Waals surface area (Å²) in [6.07, 6.45) is 1.25.